The highest BCUT2D eigenvalue weighted by Crippen LogP contribution is 2.41. The topological polar surface area (TPSA) is 42.0 Å². The molecule has 2 heterocycles. The van der Waals surface area contributed by atoms with Gasteiger partial charge in [-0.1, -0.05) is 54.6 Å². The van der Waals surface area contributed by atoms with Crippen LogP contribution in [0.25, 0.3) is 10.9 Å². The fourth-order valence-electron chi connectivity index (χ4n) is 3.96. The van der Waals surface area contributed by atoms with Gasteiger partial charge < -0.3 is 5.32 Å². The van der Waals surface area contributed by atoms with Gasteiger partial charge in [-0.2, -0.15) is 0 Å². The number of Topliss-reactive ketones (excluding diaryl/α,β-unsaturated/α-hetero) is 1. The number of halogens is 1. The molecule has 28 heavy (non-hydrogen) atoms. The van der Waals surface area contributed by atoms with Crippen LogP contribution in [0.5, 0.6) is 0 Å². The molecule has 3 nitrogen and oxygen atoms in total. The lowest BCUT2D eigenvalue weighted by molar-refractivity contribution is 0.0915. The van der Waals surface area contributed by atoms with Gasteiger partial charge in [0, 0.05) is 28.8 Å². The quantitative estimate of drug-likeness (QED) is 0.546. The summed E-state index contributed by atoms with van der Waals surface area (Å²) in [5.41, 5.74) is 2.55. The molecular formula is C24H17FN2O. The molecule has 4 aromatic rings. The third-order valence-corrected chi connectivity index (χ3v) is 5.33. The second-order valence-electron chi connectivity index (χ2n) is 7.09. The number of para-hydroxylation sites is 1. The van der Waals surface area contributed by atoms with E-state index < -0.39 is 11.4 Å². The van der Waals surface area contributed by atoms with Crippen LogP contribution in [0.4, 0.5) is 10.1 Å². The molecular weight excluding hydrogens is 351 g/mol. The van der Waals surface area contributed by atoms with Crippen LogP contribution >= 0.6 is 0 Å². The first kappa shape index (κ1) is 16.6. The third-order valence-electron chi connectivity index (χ3n) is 5.33. The number of nitrogens with one attached hydrogen (secondary N) is 1. The summed E-state index contributed by atoms with van der Waals surface area (Å²) in [6.45, 7) is 0. The number of anilines is 1. The number of rotatable bonds is 3. The lowest BCUT2D eigenvalue weighted by atomic mass is 9.81. The van der Waals surface area contributed by atoms with E-state index in [1.54, 1.807) is 6.07 Å². The summed E-state index contributed by atoms with van der Waals surface area (Å²) < 4.78 is 13.8. The number of carbonyl (C=O) groups excluding carboxylic acids is 1. The van der Waals surface area contributed by atoms with Crippen molar-refractivity contribution in [2.24, 2.45) is 0 Å². The molecule has 0 fully saturated rings. The lowest BCUT2D eigenvalue weighted by Gasteiger charge is -2.29. The van der Waals surface area contributed by atoms with Crippen LogP contribution < -0.4 is 5.32 Å². The van der Waals surface area contributed by atoms with Gasteiger partial charge in [-0.25, -0.2) is 4.39 Å². The minimum Gasteiger partial charge on any atom is -0.368 e. The minimum atomic E-state index is -1.01. The van der Waals surface area contributed by atoms with Crippen molar-refractivity contribution in [1.29, 1.82) is 0 Å². The normalized spacial score (nSPS) is 18.1. The van der Waals surface area contributed by atoms with Gasteiger partial charge in [-0.15, -0.1) is 0 Å². The zero-order chi connectivity index (χ0) is 19.1. The fourth-order valence-corrected chi connectivity index (χ4v) is 3.96. The first-order chi connectivity index (χ1) is 13.7. The molecule has 0 spiro atoms. The third kappa shape index (κ3) is 2.57. The van der Waals surface area contributed by atoms with E-state index in [1.165, 1.54) is 12.1 Å². The Balaban J connectivity index is 1.64. The van der Waals surface area contributed by atoms with Crippen molar-refractivity contribution in [3.63, 3.8) is 0 Å². The van der Waals surface area contributed by atoms with E-state index in [0.717, 1.165) is 22.2 Å². The smallest absolute Gasteiger partial charge is 0.195 e. The van der Waals surface area contributed by atoms with Crippen LogP contribution in [0.1, 0.15) is 21.6 Å². The SMILES string of the molecule is O=C1c2cc(F)ccc2NC1(Cc1ccc2ccccc2n1)c1ccccc1. The molecule has 3 aromatic carbocycles. The molecule has 0 saturated carbocycles. The molecule has 1 aromatic heterocycles. The van der Waals surface area contributed by atoms with E-state index in [0.29, 0.717) is 17.7 Å². The molecule has 0 amide bonds. The van der Waals surface area contributed by atoms with Crippen molar-refractivity contribution in [1.82, 2.24) is 4.98 Å². The number of aromatic nitrogens is 1. The van der Waals surface area contributed by atoms with Gasteiger partial charge in [0.1, 0.15) is 11.4 Å². The Labute approximate surface area is 161 Å². The summed E-state index contributed by atoms with van der Waals surface area (Å²) in [7, 11) is 0. The molecule has 1 aliphatic rings. The summed E-state index contributed by atoms with van der Waals surface area (Å²) in [5.74, 6) is -0.551. The van der Waals surface area contributed by atoms with Crippen LogP contribution in [-0.4, -0.2) is 10.8 Å². The van der Waals surface area contributed by atoms with E-state index in [4.69, 9.17) is 4.98 Å². The van der Waals surface area contributed by atoms with Crippen LogP contribution in [0, 0.1) is 5.82 Å². The zero-order valence-electron chi connectivity index (χ0n) is 15.0. The van der Waals surface area contributed by atoms with E-state index in [-0.39, 0.29) is 5.78 Å². The molecule has 1 aliphatic heterocycles. The second-order valence-corrected chi connectivity index (χ2v) is 7.09. The monoisotopic (exact) mass is 368 g/mol. The van der Waals surface area contributed by atoms with E-state index in [1.807, 2.05) is 66.7 Å². The van der Waals surface area contributed by atoms with Crippen LogP contribution in [0.3, 0.4) is 0 Å². The van der Waals surface area contributed by atoms with Crippen molar-refractivity contribution in [2.75, 3.05) is 5.32 Å². The predicted octanol–water partition coefficient (Wildman–Crippen LogP) is 5.12. The van der Waals surface area contributed by atoms with Crippen molar-refractivity contribution in [3.05, 3.63) is 108 Å². The first-order valence-corrected chi connectivity index (χ1v) is 9.18. The molecule has 1 N–H and O–H groups in total. The molecule has 0 saturated heterocycles. The highest BCUT2D eigenvalue weighted by molar-refractivity contribution is 6.13. The Morgan fingerprint density at radius 3 is 2.54 bits per heavy atom. The van der Waals surface area contributed by atoms with Crippen LogP contribution in [0.2, 0.25) is 0 Å². The Hall–Kier alpha value is -3.53. The number of nitrogens with zero attached hydrogens (tertiary/aromatic N) is 1. The number of carbonyl (C=O) groups is 1. The van der Waals surface area contributed by atoms with E-state index in [2.05, 4.69) is 5.32 Å². The maximum Gasteiger partial charge on any atom is 0.195 e. The number of hydrogen-bond donors (Lipinski definition) is 1. The molecule has 0 bridgehead atoms. The Bertz CT molecular complexity index is 1210. The maximum absolute atomic E-state index is 13.8. The van der Waals surface area contributed by atoms with Gasteiger partial charge in [0.2, 0.25) is 0 Å². The standard InChI is InChI=1S/C24H17FN2O/c25-18-11-13-22-20(14-18)23(28)24(27-22,17-7-2-1-3-8-17)15-19-12-10-16-6-4-5-9-21(16)26-19/h1-14,27H,15H2. The highest BCUT2D eigenvalue weighted by atomic mass is 19.1. The van der Waals surface area contributed by atoms with Gasteiger partial charge in [-0.3, -0.25) is 9.78 Å². The maximum atomic E-state index is 13.8. The molecule has 1 atom stereocenters. The molecule has 4 heteroatoms. The fraction of sp³-hybridized carbons (Fsp3) is 0.0833. The van der Waals surface area contributed by atoms with Crippen LogP contribution in [0.15, 0.2) is 84.9 Å². The molecule has 0 radical (unpaired) electrons. The summed E-state index contributed by atoms with van der Waals surface area (Å²) in [4.78, 5) is 18.2. The van der Waals surface area contributed by atoms with Gasteiger partial charge in [0.05, 0.1) is 5.52 Å². The second kappa shape index (κ2) is 6.27. The summed E-state index contributed by atoms with van der Waals surface area (Å²) in [6, 6.07) is 25.7. The van der Waals surface area contributed by atoms with Crippen molar-refractivity contribution in [3.8, 4) is 0 Å². The number of pyridine rings is 1. The molecule has 1 unspecified atom stereocenters. The number of benzene rings is 3. The van der Waals surface area contributed by atoms with Gasteiger partial charge in [-0.05, 0) is 35.9 Å². The van der Waals surface area contributed by atoms with Crippen LogP contribution in [-0.2, 0) is 12.0 Å². The zero-order valence-corrected chi connectivity index (χ0v) is 15.0. The van der Waals surface area contributed by atoms with Gasteiger partial charge in [0.15, 0.2) is 5.78 Å². The summed E-state index contributed by atoms with van der Waals surface area (Å²) >= 11 is 0. The van der Waals surface area contributed by atoms with E-state index in [9.17, 15) is 9.18 Å². The Morgan fingerprint density at radius 2 is 1.68 bits per heavy atom. The van der Waals surface area contributed by atoms with Crippen molar-refractivity contribution in [2.45, 2.75) is 12.0 Å². The molecule has 5 rings (SSSR count). The summed E-state index contributed by atoms with van der Waals surface area (Å²) in [5, 5.41) is 4.43. The molecule has 136 valence electrons. The van der Waals surface area contributed by atoms with Crippen molar-refractivity contribution >= 4 is 22.4 Å². The molecule has 0 aliphatic carbocycles. The minimum absolute atomic E-state index is 0.136. The predicted molar refractivity (Wildman–Crippen MR) is 108 cm³/mol. The first-order valence-electron chi connectivity index (χ1n) is 9.18. The van der Waals surface area contributed by atoms with Gasteiger partial charge >= 0.3 is 0 Å². The lowest BCUT2D eigenvalue weighted by Crippen LogP contribution is -2.41. The number of fused-ring (bicyclic) bond motifs is 2. The highest BCUT2D eigenvalue weighted by Gasteiger charge is 2.47. The summed E-state index contributed by atoms with van der Waals surface area (Å²) in [6.07, 6.45) is 0.372. The Morgan fingerprint density at radius 1 is 0.893 bits per heavy atom. The largest absolute Gasteiger partial charge is 0.368 e. The average Bonchev–Trinajstić information content (AvgIpc) is 3.01. The average molecular weight is 368 g/mol. The van der Waals surface area contributed by atoms with Crippen molar-refractivity contribution < 1.29 is 9.18 Å². The number of hydrogen-bond acceptors (Lipinski definition) is 3. The van der Waals surface area contributed by atoms with Gasteiger partial charge in [0.25, 0.3) is 0 Å². The Kier molecular flexibility index (Phi) is 3.72. The van der Waals surface area contributed by atoms with E-state index >= 15 is 0 Å². The number of ketones is 1.